The third-order valence-electron chi connectivity index (χ3n) is 5.43. The van der Waals surface area contributed by atoms with Gasteiger partial charge in [-0.15, -0.1) is 0 Å². The van der Waals surface area contributed by atoms with Crippen LogP contribution in [0.5, 0.6) is 6.01 Å². The number of H-pyrrole nitrogens is 1. The first-order valence-electron chi connectivity index (χ1n) is 10.6. The van der Waals surface area contributed by atoms with Gasteiger partial charge < -0.3 is 14.5 Å². The van der Waals surface area contributed by atoms with E-state index >= 15 is 0 Å². The van der Waals surface area contributed by atoms with Crippen LogP contribution >= 0.6 is 0 Å². The summed E-state index contributed by atoms with van der Waals surface area (Å²) in [6, 6.07) is 8.76. The highest BCUT2D eigenvalue weighted by molar-refractivity contribution is 5.69. The maximum Gasteiger partial charge on any atom is 0.328 e. The number of hydrogen-bond donors (Lipinski definition) is 1. The maximum atomic E-state index is 12.5. The van der Waals surface area contributed by atoms with Gasteiger partial charge in [0, 0.05) is 20.3 Å². The van der Waals surface area contributed by atoms with E-state index in [1.165, 1.54) is 31.5 Å². The van der Waals surface area contributed by atoms with Gasteiger partial charge in [-0.25, -0.2) is 9.78 Å². The van der Waals surface area contributed by atoms with Crippen LogP contribution in [0.1, 0.15) is 36.8 Å². The molecule has 3 aromatic rings. The Bertz CT molecular complexity index is 1010. The SMILES string of the molecule is COCCCCOc1ncc2[nH]c(=O)n(Cc3ccc(CN4CCCC4)cc3)c2n1. The van der Waals surface area contributed by atoms with Gasteiger partial charge in [-0.05, 0) is 49.9 Å². The van der Waals surface area contributed by atoms with E-state index in [0.29, 0.717) is 30.9 Å². The molecule has 4 rings (SSSR count). The van der Waals surface area contributed by atoms with Crippen molar-refractivity contribution in [3.05, 3.63) is 52.1 Å². The number of methoxy groups -OCH3 is 1. The molecule has 0 aliphatic carbocycles. The molecule has 1 saturated heterocycles. The van der Waals surface area contributed by atoms with Gasteiger partial charge in [-0.1, -0.05) is 24.3 Å². The van der Waals surface area contributed by atoms with Crippen LogP contribution in [-0.4, -0.2) is 57.8 Å². The Balaban J connectivity index is 1.44. The molecule has 1 aliphatic rings. The van der Waals surface area contributed by atoms with Gasteiger partial charge >= 0.3 is 11.7 Å². The second-order valence-electron chi connectivity index (χ2n) is 7.75. The number of aromatic nitrogens is 4. The Labute approximate surface area is 175 Å². The molecule has 0 unspecified atom stereocenters. The number of nitrogens with one attached hydrogen (secondary N) is 1. The van der Waals surface area contributed by atoms with Crippen molar-refractivity contribution in [2.24, 2.45) is 0 Å². The summed E-state index contributed by atoms with van der Waals surface area (Å²) in [5.41, 5.74) is 3.33. The summed E-state index contributed by atoms with van der Waals surface area (Å²) in [5.74, 6) is 0. The van der Waals surface area contributed by atoms with E-state index in [1.54, 1.807) is 17.9 Å². The van der Waals surface area contributed by atoms with Gasteiger partial charge in [-0.2, -0.15) is 4.98 Å². The van der Waals surface area contributed by atoms with Crippen molar-refractivity contribution in [3.63, 3.8) is 0 Å². The first-order chi connectivity index (χ1) is 14.7. The van der Waals surface area contributed by atoms with Gasteiger partial charge in [0.05, 0.1) is 19.3 Å². The Kier molecular flexibility index (Phi) is 6.76. The highest BCUT2D eigenvalue weighted by Crippen LogP contribution is 2.16. The lowest BCUT2D eigenvalue weighted by Gasteiger charge is -2.14. The Hall–Kier alpha value is -2.71. The molecule has 8 nitrogen and oxygen atoms in total. The van der Waals surface area contributed by atoms with Crippen LogP contribution in [0.15, 0.2) is 35.3 Å². The summed E-state index contributed by atoms with van der Waals surface area (Å²) in [6.45, 7) is 5.03. The fraction of sp³-hybridized carbons (Fsp3) is 0.500. The summed E-state index contributed by atoms with van der Waals surface area (Å²) in [5, 5.41) is 0. The molecule has 0 amide bonds. The molecule has 0 atom stereocenters. The lowest BCUT2D eigenvalue weighted by atomic mass is 10.1. The zero-order valence-electron chi connectivity index (χ0n) is 17.5. The summed E-state index contributed by atoms with van der Waals surface area (Å²) in [4.78, 5) is 26.4. The van der Waals surface area contributed by atoms with Crippen LogP contribution in [0.25, 0.3) is 11.2 Å². The Morgan fingerprint density at radius 3 is 2.47 bits per heavy atom. The summed E-state index contributed by atoms with van der Waals surface area (Å²) < 4.78 is 12.3. The number of ether oxygens (including phenoxy) is 2. The molecule has 2 aromatic heterocycles. The maximum absolute atomic E-state index is 12.5. The van der Waals surface area contributed by atoms with Crippen LogP contribution in [0, 0.1) is 0 Å². The summed E-state index contributed by atoms with van der Waals surface area (Å²) in [7, 11) is 1.68. The number of hydrogen-bond acceptors (Lipinski definition) is 6. The molecular formula is C22H29N5O3. The fourth-order valence-electron chi connectivity index (χ4n) is 3.79. The number of likely N-dealkylation sites (tertiary alicyclic amines) is 1. The smallest absolute Gasteiger partial charge is 0.328 e. The number of rotatable bonds is 10. The standard InChI is InChI=1S/C22H29N5O3/c1-29-12-4-5-13-30-21-23-14-19-20(25-21)27(22(28)24-19)16-18-8-6-17(7-9-18)15-26-10-2-3-11-26/h6-9,14H,2-5,10-13,15-16H2,1H3,(H,24,28). The monoisotopic (exact) mass is 411 g/mol. The van der Waals surface area contributed by atoms with E-state index in [4.69, 9.17) is 9.47 Å². The number of imidazole rings is 1. The number of aromatic amines is 1. The number of unbranched alkanes of at least 4 members (excludes halogenated alkanes) is 1. The van der Waals surface area contributed by atoms with E-state index in [2.05, 4.69) is 44.1 Å². The van der Waals surface area contributed by atoms with Gasteiger partial charge in [0.2, 0.25) is 0 Å². The lowest BCUT2D eigenvalue weighted by Crippen LogP contribution is -2.19. The molecule has 0 spiro atoms. The van der Waals surface area contributed by atoms with Gasteiger partial charge in [-0.3, -0.25) is 9.47 Å². The average molecular weight is 412 g/mol. The molecule has 0 bridgehead atoms. The predicted octanol–water partition coefficient (Wildman–Crippen LogP) is 2.57. The minimum atomic E-state index is -0.197. The minimum absolute atomic E-state index is 0.197. The van der Waals surface area contributed by atoms with Crippen LogP contribution in [-0.2, 0) is 17.8 Å². The first-order valence-corrected chi connectivity index (χ1v) is 10.6. The highest BCUT2D eigenvalue weighted by Gasteiger charge is 2.13. The Morgan fingerprint density at radius 2 is 1.73 bits per heavy atom. The number of fused-ring (bicyclic) bond motifs is 1. The molecular weight excluding hydrogens is 382 g/mol. The van der Waals surface area contributed by atoms with Gasteiger partial charge in [0.1, 0.15) is 5.52 Å². The Morgan fingerprint density at radius 1 is 1.03 bits per heavy atom. The van der Waals surface area contributed by atoms with Crippen molar-refractivity contribution >= 4 is 11.2 Å². The number of nitrogens with zero attached hydrogens (tertiary/aromatic N) is 4. The van der Waals surface area contributed by atoms with Crippen molar-refractivity contribution in [1.29, 1.82) is 0 Å². The second-order valence-corrected chi connectivity index (χ2v) is 7.75. The average Bonchev–Trinajstić information content (AvgIpc) is 3.37. The van der Waals surface area contributed by atoms with Crippen molar-refractivity contribution < 1.29 is 9.47 Å². The van der Waals surface area contributed by atoms with Crippen LogP contribution in [0.4, 0.5) is 0 Å². The van der Waals surface area contributed by atoms with E-state index in [1.807, 2.05) is 0 Å². The minimum Gasteiger partial charge on any atom is -0.463 e. The zero-order valence-corrected chi connectivity index (χ0v) is 17.5. The zero-order chi connectivity index (χ0) is 20.8. The van der Waals surface area contributed by atoms with E-state index < -0.39 is 0 Å². The molecule has 160 valence electrons. The van der Waals surface area contributed by atoms with Crippen molar-refractivity contribution in [2.45, 2.75) is 38.8 Å². The molecule has 8 heteroatoms. The van der Waals surface area contributed by atoms with E-state index in [9.17, 15) is 4.79 Å². The molecule has 1 fully saturated rings. The van der Waals surface area contributed by atoms with Crippen LogP contribution < -0.4 is 10.4 Å². The summed E-state index contributed by atoms with van der Waals surface area (Å²) >= 11 is 0. The largest absolute Gasteiger partial charge is 0.463 e. The molecule has 0 radical (unpaired) electrons. The normalized spacial score (nSPS) is 14.6. The van der Waals surface area contributed by atoms with E-state index in [0.717, 1.165) is 24.9 Å². The molecule has 3 heterocycles. The van der Waals surface area contributed by atoms with Gasteiger partial charge in [0.15, 0.2) is 5.65 Å². The molecule has 1 aromatic carbocycles. The molecule has 30 heavy (non-hydrogen) atoms. The quantitative estimate of drug-likeness (QED) is 0.516. The lowest BCUT2D eigenvalue weighted by molar-refractivity contribution is 0.182. The predicted molar refractivity (Wildman–Crippen MR) is 115 cm³/mol. The van der Waals surface area contributed by atoms with Crippen LogP contribution in [0.2, 0.25) is 0 Å². The van der Waals surface area contributed by atoms with Crippen LogP contribution in [0.3, 0.4) is 0 Å². The fourth-order valence-corrected chi connectivity index (χ4v) is 3.79. The molecule has 1 aliphatic heterocycles. The van der Waals surface area contributed by atoms with Crippen molar-refractivity contribution in [1.82, 2.24) is 24.4 Å². The highest BCUT2D eigenvalue weighted by atomic mass is 16.5. The first kappa shape index (κ1) is 20.6. The number of benzene rings is 1. The van der Waals surface area contributed by atoms with Crippen molar-refractivity contribution in [3.8, 4) is 6.01 Å². The third kappa shape index (κ3) is 5.06. The van der Waals surface area contributed by atoms with E-state index in [-0.39, 0.29) is 11.7 Å². The molecule has 0 saturated carbocycles. The topological polar surface area (TPSA) is 85.3 Å². The third-order valence-corrected chi connectivity index (χ3v) is 5.43. The molecule has 1 N–H and O–H groups in total. The summed E-state index contributed by atoms with van der Waals surface area (Å²) in [6.07, 6.45) is 5.97. The second kappa shape index (κ2) is 9.86. The van der Waals surface area contributed by atoms with Crippen molar-refractivity contribution in [2.75, 3.05) is 33.4 Å². The van der Waals surface area contributed by atoms with Gasteiger partial charge in [0.25, 0.3) is 0 Å².